The summed E-state index contributed by atoms with van der Waals surface area (Å²) in [5.74, 6) is 0.821. The molecule has 0 aromatic heterocycles. The molecule has 2 rings (SSSR count). The Morgan fingerprint density at radius 2 is 1.65 bits per heavy atom. The van der Waals surface area contributed by atoms with Crippen LogP contribution in [0.3, 0.4) is 0 Å². The second-order valence-electron chi connectivity index (χ2n) is 5.20. The Morgan fingerprint density at radius 3 is 2.20 bits per heavy atom. The second-order valence-corrected chi connectivity index (χ2v) is 6.12. The number of ether oxygens (including phenoxy) is 1. The fourth-order valence-electron chi connectivity index (χ4n) is 2.12. The standard InChI is InChI=1S/C17H19BrO2/c1-11(2)20-16-6-4-13(5-7-16)17(19)14-8-12(3)9-15(18)10-14/h4-11,17,19H,1-3H3. The zero-order chi connectivity index (χ0) is 14.7. The van der Waals surface area contributed by atoms with Crippen molar-refractivity contribution in [3.05, 3.63) is 63.6 Å². The minimum absolute atomic E-state index is 0.151. The van der Waals surface area contributed by atoms with Crippen molar-refractivity contribution in [2.24, 2.45) is 0 Å². The van der Waals surface area contributed by atoms with Gasteiger partial charge in [0, 0.05) is 4.47 Å². The van der Waals surface area contributed by atoms with E-state index in [0.717, 1.165) is 26.9 Å². The van der Waals surface area contributed by atoms with Crippen LogP contribution in [-0.4, -0.2) is 11.2 Å². The van der Waals surface area contributed by atoms with Crippen LogP contribution in [0.15, 0.2) is 46.9 Å². The smallest absolute Gasteiger partial charge is 0.119 e. The first kappa shape index (κ1) is 15.1. The molecule has 0 aliphatic heterocycles. The van der Waals surface area contributed by atoms with Gasteiger partial charge in [-0.25, -0.2) is 0 Å². The van der Waals surface area contributed by atoms with E-state index in [1.54, 1.807) is 0 Å². The van der Waals surface area contributed by atoms with Gasteiger partial charge in [-0.2, -0.15) is 0 Å². The van der Waals surface area contributed by atoms with Gasteiger partial charge in [0.15, 0.2) is 0 Å². The van der Waals surface area contributed by atoms with Crippen LogP contribution in [-0.2, 0) is 0 Å². The number of benzene rings is 2. The van der Waals surface area contributed by atoms with E-state index in [-0.39, 0.29) is 6.10 Å². The quantitative estimate of drug-likeness (QED) is 0.883. The first-order valence-corrected chi connectivity index (χ1v) is 7.47. The summed E-state index contributed by atoms with van der Waals surface area (Å²) in [4.78, 5) is 0. The van der Waals surface area contributed by atoms with Crippen LogP contribution in [0, 0.1) is 6.92 Å². The lowest BCUT2D eigenvalue weighted by atomic mass is 10.00. The van der Waals surface area contributed by atoms with Gasteiger partial charge in [0.25, 0.3) is 0 Å². The SMILES string of the molecule is Cc1cc(Br)cc(C(O)c2ccc(OC(C)C)cc2)c1. The van der Waals surface area contributed by atoms with Crippen LogP contribution in [0.1, 0.15) is 36.6 Å². The van der Waals surface area contributed by atoms with Crippen molar-refractivity contribution in [1.29, 1.82) is 0 Å². The largest absolute Gasteiger partial charge is 0.491 e. The molecule has 1 N–H and O–H groups in total. The first-order valence-electron chi connectivity index (χ1n) is 6.67. The molecule has 0 heterocycles. The Bertz CT molecular complexity index is 556. The summed E-state index contributed by atoms with van der Waals surface area (Å²) < 4.78 is 6.58. The average Bonchev–Trinajstić information content (AvgIpc) is 2.37. The summed E-state index contributed by atoms with van der Waals surface area (Å²) in [5.41, 5.74) is 2.86. The average molecular weight is 335 g/mol. The van der Waals surface area contributed by atoms with Crippen molar-refractivity contribution in [2.45, 2.75) is 33.0 Å². The molecule has 3 heteroatoms. The summed E-state index contributed by atoms with van der Waals surface area (Å²) in [5, 5.41) is 10.5. The first-order chi connectivity index (χ1) is 9.45. The van der Waals surface area contributed by atoms with Gasteiger partial charge in [0.2, 0.25) is 0 Å². The van der Waals surface area contributed by atoms with E-state index >= 15 is 0 Å². The molecule has 20 heavy (non-hydrogen) atoms. The molecular weight excluding hydrogens is 316 g/mol. The minimum atomic E-state index is -0.626. The molecule has 2 aromatic carbocycles. The number of rotatable bonds is 4. The maximum Gasteiger partial charge on any atom is 0.119 e. The van der Waals surface area contributed by atoms with E-state index in [1.807, 2.05) is 63.2 Å². The lowest BCUT2D eigenvalue weighted by Crippen LogP contribution is -2.06. The van der Waals surface area contributed by atoms with Gasteiger partial charge in [-0.3, -0.25) is 0 Å². The molecule has 0 spiro atoms. The molecule has 0 bridgehead atoms. The Kier molecular flexibility index (Phi) is 4.84. The highest BCUT2D eigenvalue weighted by Gasteiger charge is 2.11. The van der Waals surface area contributed by atoms with Gasteiger partial charge in [-0.15, -0.1) is 0 Å². The predicted octanol–water partition coefficient (Wildman–Crippen LogP) is 4.63. The summed E-state index contributed by atoms with van der Waals surface area (Å²) in [7, 11) is 0. The van der Waals surface area contributed by atoms with E-state index < -0.39 is 6.10 Å². The van der Waals surface area contributed by atoms with Crippen LogP contribution in [0.5, 0.6) is 5.75 Å². The summed E-state index contributed by atoms with van der Waals surface area (Å²) in [6.07, 6.45) is -0.474. The van der Waals surface area contributed by atoms with Crippen LogP contribution < -0.4 is 4.74 Å². The third kappa shape index (κ3) is 3.84. The zero-order valence-electron chi connectivity index (χ0n) is 11.9. The third-order valence-electron chi connectivity index (χ3n) is 2.95. The van der Waals surface area contributed by atoms with Crippen LogP contribution in [0.2, 0.25) is 0 Å². The van der Waals surface area contributed by atoms with Crippen molar-refractivity contribution < 1.29 is 9.84 Å². The van der Waals surface area contributed by atoms with Crippen LogP contribution in [0.4, 0.5) is 0 Å². The fourth-order valence-corrected chi connectivity index (χ4v) is 2.74. The van der Waals surface area contributed by atoms with E-state index in [0.29, 0.717) is 0 Å². The fraction of sp³-hybridized carbons (Fsp3) is 0.294. The van der Waals surface area contributed by atoms with Gasteiger partial charge in [0.05, 0.1) is 6.10 Å². The van der Waals surface area contributed by atoms with Crippen molar-refractivity contribution in [3.63, 3.8) is 0 Å². The molecule has 0 fully saturated rings. The number of hydrogen-bond donors (Lipinski definition) is 1. The number of hydrogen-bond acceptors (Lipinski definition) is 2. The molecule has 0 radical (unpaired) electrons. The van der Waals surface area contributed by atoms with Gasteiger partial charge >= 0.3 is 0 Å². The van der Waals surface area contributed by atoms with Crippen molar-refractivity contribution in [3.8, 4) is 5.75 Å². The lowest BCUT2D eigenvalue weighted by Gasteiger charge is -2.14. The highest BCUT2D eigenvalue weighted by atomic mass is 79.9. The van der Waals surface area contributed by atoms with Crippen LogP contribution in [0.25, 0.3) is 0 Å². The summed E-state index contributed by atoms with van der Waals surface area (Å²) in [6.45, 7) is 6.00. The maximum absolute atomic E-state index is 10.5. The van der Waals surface area contributed by atoms with Crippen LogP contribution >= 0.6 is 15.9 Å². The normalized spacial score (nSPS) is 12.5. The molecule has 0 aliphatic carbocycles. The molecule has 0 saturated heterocycles. The molecule has 2 nitrogen and oxygen atoms in total. The number of aliphatic hydroxyl groups excluding tert-OH is 1. The monoisotopic (exact) mass is 334 g/mol. The van der Waals surface area contributed by atoms with Gasteiger partial charge < -0.3 is 9.84 Å². The topological polar surface area (TPSA) is 29.5 Å². The Balaban J connectivity index is 2.22. The predicted molar refractivity (Wildman–Crippen MR) is 85.1 cm³/mol. The van der Waals surface area contributed by atoms with Gasteiger partial charge in [-0.05, 0) is 61.7 Å². The van der Waals surface area contributed by atoms with Gasteiger partial charge in [-0.1, -0.05) is 34.1 Å². The van der Waals surface area contributed by atoms with Crippen molar-refractivity contribution >= 4 is 15.9 Å². The number of halogens is 1. The Hall–Kier alpha value is -1.32. The highest BCUT2D eigenvalue weighted by molar-refractivity contribution is 9.10. The molecule has 0 amide bonds. The van der Waals surface area contributed by atoms with Gasteiger partial charge in [0.1, 0.15) is 11.9 Å². The molecule has 106 valence electrons. The Morgan fingerprint density at radius 1 is 1.00 bits per heavy atom. The summed E-state index contributed by atoms with van der Waals surface area (Å²) >= 11 is 3.46. The lowest BCUT2D eigenvalue weighted by molar-refractivity contribution is 0.219. The molecule has 0 aliphatic rings. The molecule has 0 saturated carbocycles. The third-order valence-corrected chi connectivity index (χ3v) is 3.41. The summed E-state index contributed by atoms with van der Waals surface area (Å²) in [6, 6.07) is 13.5. The molecule has 2 aromatic rings. The maximum atomic E-state index is 10.5. The van der Waals surface area contributed by atoms with E-state index in [9.17, 15) is 5.11 Å². The molecule has 1 atom stereocenters. The second kappa shape index (κ2) is 6.42. The number of aryl methyl sites for hydroxylation is 1. The molecule has 1 unspecified atom stereocenters. The highest BCUT2D eigenvalue weighted by Crippen LogP contribution is 2.27. The van der Waals surface area contributed by atoms with E-state index in [1.165, 1.54) is 0 Å². The zero-order valence-corrected chi connectivity index (χ0v) is 13.5. The van der Waals surface area contributed by atoms with E-state index in [4.69, 9.17) is 4.74 Å². The molecular formula is C17H19BrO2. The van der Waals surface area contributed by atoms with Crippen molar-refractivity contribution in [1.82, 2.24) is 0 Å². The van der Waals surface area contributed by atoms with E-state index in [2.05, 4.69) is 15.9 Å². The Labute approximate surface area is 128 Å². The minimum Gasteiger partial charge on any atom is -0.491 e. The van der Waals surface area contributed by atoms with Crippen molar-refractivity contribution in [2.75, 3.05) is 0 Å². The number of aliphatic hydroxyl groups is 1.